The number of ether oxygens (including phenoxy) is 3. The Balaban J connectivity index is 2.14. The molecule has 0 aliphatic carbocycles. The van der Waals surface area contributed by atoms with E-state index in [2.05, 4.69) is 19.2 Å². The molecule has 2 aromatic carbocycles. The number of carbonyl (C=O) groups excluding carboxylic acids is 1. The molecule has 0 saturated carbocycles. The van der Waals surface area contributed by atoms with Crippen LogP contribution in [-0.4, -0.2) is 33.3 Å². The molecular weight excluding hydrogens is 418 g/mol. The second-order valence-electron chi connectivity index (χ2n) is 8.37. The van der Waals surface area contributed by atoms with E-state index < -0.39 is 0 Å². The first kappa shape index (κ1) is 24.2. The van der Waals surface area contributed by atoms with Crippen LogP contribution in [-0.2, 0) is 4.79 Å². The summed E-state index contributed by atoms with van der Waals surface area (Å²) in [4.78, 5) is 12.4. The first-order valence-corrected chi connectivity index (χ1v) is 11.2. The molecule has 0 aliphatic rings. The first-order valence-electron chi connectivity index (χ1n) is 11.2. The van der Waals surface area contributed by atoms with Crippen molar-refractivity contribution in [1.29, 1.82) is 0 Å². The van der Waals surface area contributed by atoms with Crippen LogP contribution >= 0.6 is 0 Å². The van der Waals surface area contributed by atoms with Crippen molar-refractivity contribution in [1.82, 2.24) is 5.32 Å². The van der Waals surface area contributed by atoms with Gasteiger partial charge in [-0.05, 0) is 56.0 Å². The topological polar surface area (TPSA) is 69.9 Å². The average molecular weight is 452 g/mol. The Morgan fingerprint density at radius 2 is 1.88 bits per heavy atom. The lowest BCUT2D eigenvalue weighted by Gasteiger charge is -2.15. The van der Waals surface area contributed by atoms with E-state index >= 15 is 0 Å². The molecule has 176 valence electrons. The molecule has 33 heavy (non-hydrogen) atoms. The largest absolute Gasteiger partial charge is 0.493 e. The number of hydrogen-bond donors (Lipinski definition) is 1. The monoisotopic (exact) mass is 451 g/mol. The zero-order valence-electron chi connectivity index (χ0n) is 20.5. The van der Waals surface area contributed by atoms with Gasteiger partial charge in [-0.2, -0.15) is 0 Å². The number of furan rings is 1. The van der Waals surface area contributed by atoms with Crippen LogP contribution in [0.5, 0.6) is 17.2 Å². The molecule has 0 bridgehead atoms. The van der Waals surface area contributed by atoms with Crippen molar-refractivity contribution in [2.24, 2.45) is 5.92 Å². The van der Waals surface area contributed by atoms with Gasteiger partial charge in [-0.15, -0.1) is 0 Å². The molecular formula is C27H33NO5. The first-order chi connectivity index (χ1) is 15.8. The number of amides is 1. The Hall–Kier alpha value is -3.41. The molecule has 0 saturated heterocycles. The van der Waals surface area contributed by atoms with E-state index in [1.54, 1.807) is 26.6 Å². The lowest BCUT2D eigenvalue weighted by atomic mass is 9.96. The Bertz CT molecular complexity index is 1170. The minimum atomic E-state index is -0.117. The van der Waals surface area contributed by atoms with Gasteiger partial charge in [0, 0.05) is 34.7 Å². The van der Waals surface area contributed by atoms with Gasteiger partial charge in [0.25, 0.3) is 0 Å². The number of methoxy groups -OCH3 is 2. The van der Waals surface area contributed by atoms with Crippen LogP contribution in [0, 0.1) is 12.8 Å². The van der Waals surface area contributed by atoms with Gasteiger partial charge in [-0.3, -0.25) is 4.79 Å². The fraction of sp³-hybridized carbons (Fsp3) is 0.370. The van der Waals surface area contributed by atoms with Crippen LogP contribution in [0.3, 0.4) is 0 Å². The van der Waals surface area contributed by atoms with Crippen LogP contribution in [0.4, 0.5) is 0 Å². The molecule has 3 rings (SSSR count). The van der Waals surface area contributed by atoms with Gasteiger partial charge in [0.05, 0.1) is 27.1 Å². The maximum Gasteiger partial charge on any atom is 0.244 e. The summed E-state index contributed by atoms with van der Waals surface area (Å²) in [7, 11) is 3.23. The quantitative estimate of drug-likeness (QED) is 0.404. The van der Waals surface area contributed by atoms with Gasteiger partial charge in [-0.25, -0.2) is 0 Å². The second-order valence-corrected chi connectivity index (χ2v) is 8.37. The summed E-state index contributed by atoms with van der Waals surface area (Å²) in [5.74, 6) is 2.30. The highest BCUT2D eigenvalue weighted by atomic mass is 16.5. The summed E-state index contributed by atoms with van der Waals surface area (Å²) in [6.45, 7) is 11.1. The Labute approximate surface area is 195 Å². The molecule has 0 unspecified atom stereocenters. The van der Waals surface area contributed by atoms with Crippen LogP contribution in [0.1, 0.15) is 38.8 Å². The van der Waals surface area contributed by atoms with Crippen molar-refractivity contribution in [3.63, 3.8) is 0 Å². The van der Waals surface area contributed by atoms with Gasteiger partial charge < -0.3 is 23.9 Å². The van der Waals surface area contributed by atoms with Crippen LogP contribution < -0.4 is 19.5 Å². The summed E-state index contributed by atoms with van der Waals surface area (Å²) in [6, 6.07) is 7.81. The number of hydrogen-bond acceptors (Lipinski definition) is 5. The van der Waals surface area contributed by atoms with Gasteiger partial charge >= 0.3 is 0 Å². The zero-order chi connectivity index (χ0) is 24.1. The summed E-state index contributed by atoms with van der Waals surface area (Å²) in [5, 5.41) is 3.88. The molecule has 0 fully saturated rings. The fourth-order valence-corrected chi connectivity index (χ4v) is 3.80. The predicted molar refractivity (Wildman–Crippen MR) is 132 cm³/mol. The lowest BCUT2D eigenvalue weighted by molar-refractivity contribution is -0.116. The summed E-state index contributed by atoms with van der Waals surface area (Å²) in [6.07, 6.45) is 3.37. The molecule has 0 atom stereocenters. The van der Waals surface area contributed by atoms with E-state index in [-0.39, 0.29) is 5.91 Å². The minimum Gasteiger partial charge on any atom is -0.493 e. The number of aryl methyl sites for hydroxylation is 1. The third kappa shape index (κ3) is 5.16. The molecule has 1 N–H and O–H groups in total. The Kier molecular flexibility index (Phi) is 7.69. The highest BCUT2D eigenvalue weighted by Crippen LogP contribution is 2.42. The molecule has 0 radical (unpaired) electrons. The van der Waals surface area contributed by atoms with Gasteiger partial charge in [0.15, 0.2) is 11.5 Å². The van der Waals surface area contributed by atoms with Crippen molar-refractivity contribution >= 4 is 22.4 Å². The maximum atomic E-state index is 12.4. The van der Waals surface area contributed by atoms with Crippen molar-refractivity contribution in [2.45, 2.75) is 34.6 Å². The van der Waals surface area contributed by atoms with Crippen LogP contribution in [0.2, 0.25) is 0 Å². The number of fused-ring (bicyclic) bond motifs is 1. The maximum absolute atomic E-state index is 12.4. The van der Waals surface area contributed by atoms with Crippen molar-refractivity contribution in [3.8, 4) is 28.4 Å². The second kappa shape index (κ2) is 10.5. The van der Waals surface area contributed by atoms with Crippen molar-refractivity contribution in [2.75, 3.05) is 27.4 Å². The van der Waals surface area contributed by atoms with Crippen LogP contribution in [0.25, 0.3) is 27.7 Å². The van der Waals surface area contributed by atoms with E-state index in [1.807, 2.05) is 45.0 Å². The molecule has 1 aromatic heterocycles. The molecule has 1 heterocycles. The lowest BCUT2D eigenvalue weighted by Crippen LogP contribution is -2.25. The highest BCUT2D eigenvalue weighted by Gasteiger charge is 2.20. The molecule has 1 amide bonds. The predicted octanol–water partition coefficient (Wildman–Crippen LogP) is 6.00. The molecule has 6 nitrogen and oxygen atoms in total. The van der Waals surface area contributed by atoms with Crippen molar-refractivity contribution in [3.05, 3.63) is 47.7 Å². The van der Waals surface area contributed by atoms with E-state index in [1.165, 1.54) is 0 Å². The summed E-state index contributed by atoms with van der Waals surface area (Å²) >= 11 is 0. The molecule has 6 heteroatoms. The SMILES string of the molecule is CCOc1c(/C(C)=C/C(=O)NCC(C)C)cc2c(-c3ccc(OC)c(OC)c3)coc2c1C. The number of nitrogens with one attached hydrogen (secondary N) is 1. The third-order valence-electron chi connectivity index (χ3n) is 5.48. The van der Waals surface area contributed by atoms with Gasteiger partial charge in [0.1, 0.15) is 11.3 Å². The Morgan fingerprint density at radius 1 is 1.15 bits per heavy atom. The Morgan fingerprint density at radius 3 is 2.52 bits per heavy atom. The average Bonchev–Trinajstić information content (AvgIpc) is 3.23. The molecule has 3 aromatic rings. The highest BCUT2D eigenvalue weighted by molar-refractivity contribution is 6.01. The molecule has 0 spiro atoms. The van der Waals surface area contributed by atoms with E-state index in [4.69, 9.17) is 18.6 Å². The molecule has 0 aliphatic heterocycles. The van der Waals surface area contributed by atoms with E-state index in [0.29, 0.717) is 30.6 Å². The van der Waals surface area contributed by atoms with E-state index in [0.717, 1.165) is 44.5 Å². The normalized spacial score (nSPS) is 11.7. The van der Waals surface area contributed by atoms with Gasteiger partial charge in [0.2, 0.25) is 5.91 Å². The van der Waals surface area contributed by atoms with E-state index in [9.17, 15) is 4.79 Å². The summed E-state index contributed by atoms with van der Waals surface area (Å²) in [5.41, 5.74) is 5.21. The van der Waals surface area contributed by atoms with Gasteiger partial charge in [-0.1, -0.05) is 19.9 Å². The number of rotatable bonds is 9. The standard InChI is InChI=1S/C27H33NO5/c1-8-32-26-18(5)27-21(13-20(26)17(4)11-25(29)28-14-16(2)3)22(15-33-27)19-9-10-23(30-6)24(12-19)31-7/h9-13,15-16H,8,14H2,1-7H3,(H,28,29)/b17-11+. The number of allylic oxidation sites excluding steroid dienone is 1. The number of benzene rings is 2. The third-order valence-corrected chi connectivity index (χ3v) is 5.48. The van der Waals surface area contributed by atoms with Crippen LogP contribution in [0.15, 0.2) is 41.0 Å². The zero-order valence-corrected chi connectivity index (χ0v) is 20.5. The number of carbonyl (C=O) groups is 1. The fourth-order valence-electron chi connectivity index (χ4n) is 3.80. The smallest absolute Gasteiger partial charge is 0.244 e. The van der Waals surface area contributed by atoms with Crippen molar-refractivity contribution < 1.29 is 23.4 Å². The minimum absolute atomic E-state index is 0.117. The summed E-state index contributed by atoms with van der Waals surface area (Å²) < 4.78 is 22.8.